The Bertz CT molecular complexity index is 1180. The first-order valence-electron chi connectivity index (χ1n) is 9.73. The lowest BCUT2D eigenvalue weighted by atomic mass is 10.1. The fourth-order valence-electron chi connectivity index (χ4n) is 4.06. The van der Waals surface area contributed by atoms with E-state index in [2.05, 4.69) is 4.99 Å². The molecule has 2 aromatic carbocycles. The predicted octanol–water partition coefficient (Wildman–Crippen LogP) is 2.27. The molecule has 8 nitrogen and oxygen atoms in total. The number of ether oxygens (including phenoxy) is 3. The molecule has 0 unspecified atom stereocenters. The van der Waals surface area contributed by atoms with Gasteiger partial charge in [0.05, 0.1) is 31.1 Å². The number of carbonyl (C=O) groups is 1. The molecule has 0 spiro atoms. The summed E-state index contributed by atoms with van der Waals surface area (Å²) in [7, 11) is -1.58. The summed E-state index contributed by atoms with van der Waals surface area (Å²) in [6.45, 7) is 0.145. The number of anilines is 1. The highest BCUT2D eigenvalue weighted by atomic mass is 32.2. The molecule has 0 aliphatic carbocycles. The lowest BCUT2D eigenvalue weighted by molar-refractivity contribution is -0.117. The zero-order valence-corrected chi connectivity index (χ0v) is 18.3. The minimum Gasteiger partial charge on any atom is -0.496 e. The number of hydrogen-bond donors (Lipinski definition) is 0. The third kappa shape index (κ3) is 3.85. The Morgan fingerprint density at radius 1 is 1.19 bits per heavy atom. The summed E-state index contributed by atoms with van der Waals surface area (Å²) in [5.41, 5.74) is 1.48. The smallest absolute Gasteiger partial charge is 0.252 e. The van der Waals surface area contributed by atoms with Crippen molar-refractivity contribution in [1.82, 2.24) is 0 Å². The highest BCUT2D eigenvalue weighted by Crippen LogP contribution is 2.44. The van der Waals surface area contributed by atoms with E-state index in [0.717, 1.165) is 11.3 Å². The molecule has 2 aromatic rings. The van der Waals surface area contributed by atoms with Gasteiger partial charge in [0.1, 0.15) is 5.75 Å². The van der Waals surface area contributed by atoms with Gasteiger partial charge >= 0.3 is 0 Å². The van der Waals surface area contributed by atoms with Gasteiger partial charge in [-0.1, -0.05) is 30.0 Å². The van der Waals surface area contributed by atoms with Crippen molar-refractivity contribution < 1.29 is 27.4 Å². The van der Waals surface area contributed by atoms with E-state index in [9.17, 15) is 13.2 Å². The zero-order valence-electron chi connectivity index (χ0n) is 16.7. The van der Waals surface area contributed by atoms with Crippen molar-refractivity contribution >= 4 is 38.4 Å². The number of para-hydroxylation sites is 1. The number of sulfone groups is 1. The number of thioether (sulfide) groups is 1. The predicted molar refractivity (Wildman–Crippen MR) is 118 cm³/mol. The largest absolute Gasteiger partial charge is 0.496 e. The summed E-state index contributed by atoms with van der Waals surface area (Å²) in [6, 6.07) is 12.5. The zero-order chi connectivity index (χ0) is 21.6. The average molecular weight is 461 g/mol. The first kappa shape index (κ1) is 20.2. The fraction of sp³-hybridized carbons (Fsp3) is 0.333. The molecule has 3 aliphatic heterocycles. The Balaban J connectivity index is 1.47. The van der Waals surface area contributed by atoms with Crippen molar-refractivity contribution in [2.75, 3.05) is 30.3 Å². The second kappa shape index (κ2) is 7.76. The van der Waals surface area contributed by atoms with Crippen molar-refractivity contribution in [2.45, 2.75) is 17.7 Å². The molecular weight excluding hydrogens is 440 g/mol. The normalized spacial score (nSPS) is 24.4. The average Bonchev–Trinajstić information content (AvgIpc) is 3.39. The third-order valence-corrected chi connectivity index (χ3v) is 8.67. The number of benzene rings is 2. The SMILES string of the molecule is COc1ccccc1CC(=O)N=C1S[C@H]2CS(=O)(=O)C[C@H]2N1c1ccc2c(c1)OCO2. The molecule has 1 amide bonds. The molecule has 0 radical (unpaired) electrons. The maximum Gasteiger partial charge on any atom is 0.252 e. The summed E-state index contributed by atoms with van der Waals surface area (Å²) in [4.78, 5) is 19.0. The Morgan fingerprint density at radius 3 is 2.84 bits per heavy atom. The van der Waals surface area contributed by atoms with Crippen LogP contribution in [0.15, 0.2) is 47.5 Å². The van der Waals surface area contributed by atoms with Gasteiger partial charge in [0, 0.05) is 22.6 Å². The number of rotatable bonds is 4. The molecule has 162 valence electrons. The van der Waals surface area contributed by atoms with Gasteiger partial charge in [-0.15, -0.1) is 0 Å². The third-order valence-electron chi connectivity index (χ3n) is 5.46. The van der Waals surface area contributed by atoms with Gasteiger partial charge in [-0.3, -0.25) is 4.79 Å². The lowest BCUT2D eigenvalue weighted by Gasteiger charge is -2.24. The van der Waals surface area contributed by atoms with Crippen LogP contribution in [0.2, 0.25) is 0 Å². The number of methoxy groups -OCH3 is 1. The van der Waals surface area contributed by atoms with Crippen LogP contribution in [0.5, 0.6) is 17.2 Å². The van der Waals surface area contributed by atoms with Crippen LogP contribution in [0, 0.1) is 0 Å². The van der Waals surface area contributed by atoms with Gasteiger partial charge in [-0.05, 0) is 18.2 Å². The van der Waals surface area contributed by atoms with Gasteiger partial charge < -0.3 is 19.1 Å². The molecular formula is C21H20N2O6S2. The molecule has 0 N–H and O–H groups in total. The van der Waals surface area contributed by atoms with Gasteiger partial charge in [-0.25, -0.2) is 8.42 Å². The van der Waals surface area contributed by atoms with Crippen LogP contribution in [-0.2, 0) is 21.1 Å². The minimum atomic E-state index is -3.14. The number of amidine groups is 1. The highest BCUT2D eigenvalue weighted by Gasteiger charge is 2.49. The molecule has 0 saturated carbocycles. The van der Waals surface area contributed by atoms with E-state index in [1.165, 1.54) is 11.8 Å². The quantitative estimate of drug-likeness (QED) is 0.686. The molecule has 10 heteroatoms. The molecule has 2 saturated heterocycles. The molecule has 0 bridgehead atoms. The summed E-state index contributed by atoms with van der Waals surface area (Å²) in [5, 5.41) is 0.330. The Morgan fingerprint density at radius 2 is 2.00 bits per heavy atom. The van der Waals surface area contributed by atoms with E-state index < -0.39 is 9.84 Å². The summed E-state index contributed by atoms with van der Waals surface area (Å²) in [5.74, 6) is 1.64. The van der Waals surface area contributed by atoms with E-state index in [-0.39, 0.29) is 41.9 Å². The molecule has 0 aromatic heterocycles. The van der Waals surface area contributed by atoms with Crippen LogP contribution >= 0.6 is 11.8 Å². The van der Waals surface area contributed by atoms with E-state index in [1.807, 2.05) is 29.2 Å². The summed E-state index contributed by atoms with van der Waals surface area (Å²) < 4.78 is 40.7. The Kier molecular flexibility index (Phi) is 5.05. The molecule has 5 rings (SSSR count). The molecule has 31 heavy (non-hydrogen) atoms. The van der Waals surface area contributed by atoms with Crippen molar-refractivity contribution in [1.29, 1.82) is 0 Å². The maximum absolute atomic E-state index is 12.8. The monoisotopic (exact) mass is 460 g/mol. The van der Waals surface area contributed by atoms with E-state index in [4.69, 9.17) is 14.2 Å². The molecule has 3 aliphatic rings. The van der Waals surface area contributed by atoms with Crippen LogP contribution in [0.3, 0.4) is 0 Å². The number of hydrogen-bond acceptors (Lipinski definition) is 7. The van der Waals surface area contributed by atoms with Crippen LogP contribution in [0.25, 0.3) is 0 Å². The van der Waals surface area contributed by atoms with Crippen molar-refractivity contribution in [3.05, 3.63) is 48.0 Å². The van der Waals surface area contributed by atoms with E-state index in [1.54, 1.807) is 25.3 Å². The minimum absolute atomic E-state index is 0.0266. The van der Waals surface area contributed by atoms with Crippen LogP contribution < -0.4 is 19.1 Å². The topological polar surface area (TPSA) is 94.5 Å². The van der Waals surface area contributed by atoms with Crippen molar-refractivity contribution in [2.24, 2.45) is 4.99 Å². The second-order valence-corrected chi connectivity index (χ2v) is 10.8. The van der Waals surface area contributed by atoms with Crippen molar-refractivity contribution in [3.63, 3.8) is 0 Å². The second-order valence-electron chi connectivity index (χ2n) is 7.48. The van der Waals surface area contributed by atoms with Crippen LogP contribution in [0.4, 0.5) is 5.69 Å². The standard InChI is InChI=1S/C21H20N2O6S2/c1-27-16-5-3-2-4-13(16)8-20(24)22-21-23(15-10-31(25,26)11-19(15)30-21)14-6-7-17-18(9-14)29-12-28-17/h2-7,9,15,19H,8,10-12H2,1H3/t15-,19+/m1/s1. The molecule has 2 atom stereocenters. The Hall–Kier alpha value is -2.72. The van der Waals surface area contributed by atoms with Gasteiger partial charge in [0.25, 0.3) is 5.91 Å². The number of nitrogens with zero attached hydrogens (tertiary/aromatic N) is 2. The first-order valence-corrected chi connectivity index (χ1v) is 12.4. The number of fused-ring (bicyclic) bond motifs is 2. The van der Waals surface area contributed by atoms with Crippen LogP contribution in [0.1, 0.15) is 5.56 Å². The maximum atomic E-state index is 12.8. The van der Waals surface area contributed by atoms with Gasteiger partial charge in [0.15, 0.2) is 26.5 Å². The molecule has 2 fully saturated rings. The van der Waals surface area contributed by atoms with E-state index in [0.29, 0.717) is 22.4 Å². The highest BCUT2D eigenvalue weighted by molar-refractivity contribution is 8.16. The van der Waals surface area contributed by atoms with Crippen LogP contribution in [-0.4, -0.2) is 56.2 Å². The number of aliphatic imine (C=N–C) groups is 1. The number of carbonyl (C=O) groups excluding carboxylic acids is 1. The summed E-state index contributed by atoms with van der Waals surface area (Å²) >= 11 is 1.34. The van der Waals surface area contributed by atoms with E-state index >= 15 is 0 Å². The number of amides is 1. The Labute approximate surface area is 184 Å². The molecule has 3 heterocycles. The lowest BCUT2D eigenvalue weighted by Crippen LogP contribution is -2.37. The fourth-order valence-corrected chi connectivity index (χ4v) is 7.99. The van der Waals surface area contributed by atoms with Gasteiger partial charge in [-0.2, -0.15) is 4.99 Å². The summed E-state index contributed by atoms with van der Waals surface area (Å²) in [6.07, 6.45) is 0.0939. The first-order chi connectivity index (χ1) is 14.9. The van der Waals surface area contributed by atoms with Crippen molar-refractivity contribution in [3.8, 4) is 17.2 Å². The van der Waals surface area contributed by atoms with Gasteiger partial charge in [0.2, 0.25) is 6.79 Å².